The molecular formula is C36H48F6N6O3. The number of alkyl halides is 6. The van der Waals surface area contributed by atoms with Crippen molar-refractivity contribution in [3.63, 3.8) is 0 Å². The van der Waals surface area contributed by atoms with Gasteiger partial charge in [0.2, 0.25) is 11.9 Å². The normalized spacial score (nSPS) is 21.5. The second kappa shape index (κ2) is 17.1. The summed E-state index contributed by atoms with van der Waals surface area (Å²) in [5.41, 5.74) is -2.18. The highest BCUT2D eigenvalue weighted by Crippen LogP contribution is 2.38. The van der Waals surface area contributed by atoms with E-state index in [2.05, 4.69) is 15.1 Å². The zero-order valence-corrected chi connectivity index (χ0v) is 29.8. The molecule has 0 spiro atoms. The summed E-state index contributed by atoms with van der Waals surface area (Å²) in [5, 5.41) is 6.01. The molecule has 1 amide bonds. The maximum Gasteiger partial charge on any atom is 0.416 e. The van der Waals surface area contributed by atoms with Gasteiger partial charge in [-0.1, -0.05) is 26.7 Å². The second-order valence-corrected chi connectivity index (χ2v) is 13.7. The molecule has 1 aromatic carbocycles. The maximum absolute atomic E-state index is 13.8. The van der Waals surface area contributed by atoms with E-state index in [1.54, 1.807) is 28.5 Å². The number of hydrogen-bond donors (Lipinski definition) is 0. The van der Waals surface area contributed by atoms with Crippen molar-refractivity contribution in [2.45, 2.75) is 121 Å². The Kier molecular flexibility index (Phi) is 13.3. The minimum atomic E-state index is -4.99. The molecule has 51 heavy (non-hydrogen) atoms. The van der Waals surface area contributed by atoms with Gasteiger partial charge in [0.15, 0.2) is 0 Å². The third-order valence-corrected chi connectivity index (χ3v) is 9.86. The average Bonchev–Trinajstić information content (AvgIpc) is 3.51. The Morgan fingerprint density at radius 3 is 2.18 bits per heavy atom. The van der Waals surface area contributed by atoms with Crippen molar-refractivity contribution >= 4 is 24.0 Å². The molecule has 3 heterocycles. The molecular weight excluding hydrogens is 678 g/mol. The summed E-state index contributed by atoms with van der Waals surface area (Å²) in [4.78, 5) is 38.2. The molecule has 0 aliphatic carbocycles. The van der Waals surface area contributed by atoms with Crippen LogP contribution in [0, 0.1) is 5.92 Å². The Bertz CT molecular complexity index is 1470. The second-order valence-electron chi connectivity index (χ2n) is 13.7. The molecule has 2 aliphatic rings. The monoisotopic (exact) mass is 726 g/mol. The minimum Gasteiger partial charge on any atom is -0.469 e. The van der Waals surface area contributed by atoms with E-state index in [1.807, 2.05) is 32.7 Å². The number of ether oxygens (including phenoxy) is 1. The van der Waals surface area contributed by atoms with Gasteiger partial charge < -0.3 is 14.5 Å². The number of anilines is 1. The zero-order chi connectivity index (χ0) is 37.5. The first-order valence-corrected chi connectivity index (χ1v) is 17.5. The number of methoxy groups -OCH3 is 1. The molecule has 1 aromatic heterocycles. The van der Waals surface area contributed by atoms with Crippen molar-refractivity contribution in [3.8, 4) is 0 Å². The SMILES string of the molecule is CCC[C@@H](CCCC(=O)N1C(CC)C[C@@H](N(Cc2cc(C(F)(F)F)cc(C(F)(F)F)c2)c2ncc(C3C=NN(C)C3)cn2)C[C@H]1C)CC(=O)OC. The number of aromatic nitrogens is 2. The van der Waals surface area contributed by atoms with Gasteiger partial charge in [0.05, 0.1) is 18.2 Å². The van der Waals surface area contributed by atoms with Crippen molar-refractivity contribution in [2.24, 2.45) is 11.0 Å². The Morgan fingerprint density at radius 1 is 1.00 bits per heavy atom. The Morgan fingerprint density at radius 2 is 1.65 bits per heavy atom. The molecule has 5 atom stereocenters. The Balaban J connectivity index is 1.60. The summed E-state index contributed by atoms with van der Waals surface area (Å²) in [7, 11) is 3.19. The smallest absolute Gasteiger partial charge is 0.416 e. The van der Waals surface area contributed by atoms with E-state index in [4.69, 9.17) is 4.74 Å². The van der Waals surface area contributed by atoms with Gasteiger partial charge in [-0.05, 0) is 74.3 Å². The number of rotatable bonds is 14. The predicted octanol–water partition coefficient (Wildman–Crippen LogP) is 7.84. The van der Waals surface area contributed by atoms with Gasteiger partial charge in [0.25, 0.3) is 0 Å². The van der Waals surface area contributed by atoms with Crippen molar-refractivity contribution in [2.75, 3.05) is 25.6 Å². The summed E-state index contributed by atoms with van der Waals surface area (Å²) in [5.74, 6) is -0.0660. The minimum absolute atomic E-state index is 0.0239. The maximum atomic E-state index is 13.8. The van der Waals surface area contributed by atoms with Crippen LogP contribution in [0.4, 0.5) is 32.3 Å². The highest BCUT2D eigenvalue weighted by Gasteiger charge is 2.40. The molecule has 4 rings (SSSR count). The van der Waals surface area contributed by atoms with Crippen molar-refractivity contribution in [1.82, 2.24) is 19.9 Å². The van der Waals surface area contributed by atoms with Crippen LogP contribution in [0.15, 0.2) is 35.7 Å². The molecule has 1 fully saturated rings. The number of nitrogens with zero attached hydrogens (tertiary/aromatic N) is 6. The van der Waals surface area contributed by atoms with Gasteiger partial charge in [-0.2, -0.15) is 31.4 Å². The number of amides is 1. The fourth-order valence-corrected chi connectivity index (χ4v) is 7.31. The number of piperidine rings is 1. The molecule has 2 unspecified atom stereocenters. The third kappa shape index (κ3) is 10.6. The van der Waals surface area contributed by atoms with Crippen LogP contribution in [-0.4, -0.2) is 76.8 Å². The molecule has 0 saturated carbocycles. The lowest BCUT2D eigenvalue weighted by Crippen LogP contribution is -2.56. The molecule has 0 bridgehead atoms. The average molecular weight is 727 g/mol. The van der Waals surface area contributed by atoms with E-state index >= 15 is 0 Å². The number of benzene rings is 1. The molecule has 2 aromatic rings. The number of carbonyl (C=O) groups is 2. The van der Waals surface area contributed by atoms with E-state index in [0.717, 1.165) is 30.5 Å². The van der Waals surface area contributed by atoms with Gasteiger partial charge in [-0.3, -0.25) is 14.6 Å². The summed E-state index contributed by atoms with van der Waals surface area (Å²) in [6.45, 7) is 6.21. The lowest BCUT2D eigenvalue weighted by atomic mass is 9.88. The number of likely N-dealkylation sites (N-methyl/N-ethyl adjacent to an activating group) is 1. The molecule has 0 N–H and O–H groups in total. The van der Waals surface area contributed by atoms with Crippen molar-refractivity contribution < 1.29 is 40.7 Å². The first-order valence-electron chi connectivity index (χ1n) is 17.5. The molecule has 2 aliphatic heterocycles. The molecule has 282 valence electrons. The highest BCUT2D eigenvalue weighted by molar-refractivity contribution is 5.77. The summed E-state index contributed by atoms with van der Waals surface area (Å²) in [6.07, 6.45) is 0.107. The summed E-state index contributed by atoms with van der Waals surface area (Å²) in [6, 6.07) is 0.712. The topological polar surface area (TPSA) is 91.2 Å². The summed E-state index contributed by atoms with van der Waals surface area (Å²) < 4.78 is 87.7. The van der Waals surface area contributed by atoms with Crippen LogP contribution < -0.4 is 4.90 Å². The number of halogens is 6. The number of carbonyl (C=O) groups excluding carboxylic acids is 2. The summed E-state index contributed by atoms with van der Waals surface area (Å²) >= 11 is 0. The van der Waals surface area contributed by atoms with E-state index in [9.17, 15) is 35.9 Å². The van der Waals surface area contributed by atoms with Crippen LogP contribution in [0.3, 0.4) is 0 Å². The third-order valence-electron chi connectivity index (χ3n) is 9.86. The van der Waals surface area contributed by atoms with Crippen molar-refractivity contribution in [1.29, 1.82) is 0 Å². The fourth-order valence-electron chi connectivity index (χ4n) is 7.31. The number of esters is 1. The van der Waals surface area contributed by atoms with Gasteiger partial charge in [-0.15, -0.1) is 0 Å². The molecule has 1 saturated heterocycles. The number of hydrogen-bond acceptors (Lipinski definition) is 8. The van der Waals surface area contributed by atoms with E-state index < -0.39 is 29.5 Å². The predicted molar refractivity (Wildman–Crippen MR) is 181 cm³/mol. The van der Waals surface area contributed by atoms with Crippen molar-refractivity contribution in [3.05, 3.63) is 52.8 Å². The molecule has 9 nitrogen and oxygen atoms in total. The lowest BCUT2D eigenvalue weighted by molar-refractivity contribution is -0.144. The van der Waals surface area contributed by atoms with Gasteiger partial charge in [0.1, 0.15) is 0 Å². The van der Waals surface area contributed by atoms with Crippen LogP contribution in [0.2, 0.25) is 0 Å². The molecule has 15 heteroatoms. The standard InChI is InChI=1S/C36H48F6N6O3/c1-6-9-24(15-33(50)51-5)10-8-11-32(49)48-23(3)12-31(17-30(48)7-2)47(34-43-18-26(19-44-34)27-20-45-46(4)22-27)21-25-13-28(35(37,38)39)16-29(14-25)36(40,41)42/h13-14,16,18-20,23-24,27,30-31H,6-12,15,17,21-22H2,1-5H3/t23-,24+,27?,30?,31+/m1/s1. The first kappa shape index (κ1) is 39.9. The van der Waals surface area contributed by atoms with Crippen LogP contribution in [0.1, 0.15) is 107 Å². The highest BCUT2D eigenvalue weighted by atomic mass is 19.4. The first-order chi connectivity index (χ1) is 24.0. The largest absolute Gasteiger partial charge is 0.469 e. The van der Waals surface area contributed by atoms with Gasteiger partial charge in [0, 0.05) is 75.6 Å². The van der Waals surface area contributed by atoms with Crippen LogP contribution in [-0.2, 0) is 33.2 Å². The van der Waals surface area contributed by atoms with E-state index in [0.29, 0.717) is 51.5 Å². The van der Waals surface area contributed by atoms with Crippen LogP contribution >= 0.6 is 0 Å². The van der Waals surface area contributed by atoms with Crippen LogP contribution in [0.5, 0.6) is 0 Å². The van der Waals surface area contributed by atoms with Gasteiger partial charge >= 0.3 is 18.3 Å². The van der Waals surface area contributed by atoms with E-state index in [-0.39, 0.29) is 59.9 Å². The zero-order valence-electron chi connectivity index (χ0n) is 29.8. The number of hydrazone groups is 1. The van der Waals surface area contributed by atoms with E-state index in [1.165, 1.54) is 7.11 Å². The fraction of sp³-hybridized carbons (Fsp3) is 0.639. The Labute approximate surface area is 295 Å². The lowest BCUT2D eigenvalue weighted by Gasteiger charge is -2.47. The number of likely N-dealkylation sites (tertiary alicyclic amines) is 1. The Hall–Kier alpha value is -3.91. The van der Waals surface area contributed by atoms with Crippen LogP contribution in [0.25, 0.3) is 0 Å². The quantitative estimate of drug-likeness (QED) is 0.145. The van der Waals surface area contributed by atoms with Gasteiger partial charge in [-0.25, -0.2) is 9.97 Å². The molecule has 0 radical (unpaired) electrons.